The van der Waals surface area contributed by atoms with Crippen LogP contribution in [0.4, 0.5) is 0 Å². The molecule has 96 valence electrons. The van der Waals surface area contributed by atoms with E-state index in [-0.39, 0.29) is 132 Å². The van der Waals surface area contributed by atoms with Crippen molar-refractivity contribution in [2.45, 2.75) is 0 Å². The maximum atomic E-state index is 8.77. The fourth-order valence-electron chi connectivity index (χ4n) is 0. The second kappa shape index (κ2) is 17.9. The molecular formula is H6K2NaO12P3. The Kier molecular flexibility index (Phi) is 38.2. The molecule has 0 saturated heterocycles. The van der Waals surface area contributed by atoms with Crippen molar-refractivity contribution < 1.29 is 190 Å². The zero-order valence-corrected chi connectivity index (χ0v) is 20.4. The van der Waals surface area contributed by atoms with Crippen molar-refractivity contribution in [1.82, 2.24) is 0 Å². The van der Waals surface area contributed by atoms with Gasteiger partial charge in [-0.3, -0.25) is 13.7 Å². The van der Waals surface area contributed by atoms with Crippen LogP contribution < -0.4 is 147 Å². The molecule has 12 nitrogen and oxygen atoms in total. The predicted octanol–water partition coefficient (Wildman–Crippen LogP) is -13.7. The molecule has 0 heterocycles. The van der Waals surface area contributed by atoms with Gasteiger partial charge in [0.25, 0.3) is 23.5 Å². The molecule has 0 aromatic carbocycles. The van der Waals surface area contributed by atoms with E-state index in [4.69, 9.17) is 57.7 Å². The first-order valence-electron chi connectivity index (χ1n) is 2.30. The van der Waals surface area contributed by atoms with Crippen LogP contribution >= 0.6 is 23.5 Å². The van der Waals surface area contributed by atoms with E-state index >= 15 is 0 Å². The number of phosphoric acid groups is 3. The summed E-state index contributed by atoms with van der Waals surface area (Å²) in [5.74, 6) is 0. The molecule has 0 atom stereocenters. The van der Waals surface area contributed by atoms with Gasteiger partial charge >= 0.3 is 132 Å². The van der Waals surface area contributed by atoms with Gasteiger partial charge in [0.1, 0.15) is 0 Å². The number of hydrogen-bond acceptors (Lipinski definition) is 6. The van der Waals surface area contributed by atoms with Gasteiger partial charge in [0.15, 0.2) is 0 Å². The van der Waals surface area contributed by atoms with Gasteiger partial charge < -0.3 is 44.0 Å². The SMILES string of the molecule is O=P([O-])(O)O.O=P([O-])(O)O.O=P([O-])(O)O.[K+].[K+].[Na+]. The molecule has 0 aliphatic heterocycles. The van der Waals surface area contributed by atoms with Crippen LogP contribution in [-0.4, -0.2) is 29.4 Å². The first kappa shape index (κ1) is 38.3. The van der Waals surface area contributed by atoms with Crippen molar-refractivity contribution in [2.24, 2.45) is 0 Å². The van der Waals surface area contributed by atoms with Gasteiger partial charge in [-0.2, -0.15) is 0 Å². The van der Waals surface area contributed by atoms with Crippen molar-refractivity contribution in [1.29, 1.82) is 0 Å². The molecule has 0 amide bonds. The second-order valence-electron chi connectivity index (χ2n) is 1.47. The molecule has 0 rings (SSSR count). The Labute approximate surface area is 208 Å². The quantitative estimate of drug-likeness (QED) is 0.166. The van der Waals surface area contributed by atoms with Gasteiger partial charge in [0.2, 0.25) is 0 Å². The van der Waals surface area contributed by atoms with Crippen LogP contribution in [0.3, 0.4) is 0 Å². The van der Waals surface area contributed by atoms with Gasteiger partial charge in [-0.05, 0) is 0 Å². The first-order chi connectivity index (χ1) is 6.00. The Hall–Kier alpha value is 4.60. The number of hydrogen-bond donors (Lipinski definition) is 6. The summed E-state index contributed by atoms with van der Waals surface area (Å²) >= 11 is 0. The Morgan fingerprint density at radius 1 is 0.556 bits per heavy atom. The smallest absolute Gasteiger partial charge is 0.756 e. The van der Waals surface area contributed by atoms with E-state index < -0.39 is 23.5 Å². The summed E-state index contributed by atoms with van der Waals surface area (Å²) in [4.78, 5) is 68.8. The van der Waals surface area contributed by atoms with Crippen molar-refractivity contribution in [3.63, 3.8) is 0 Å². The number of rotatable bonds is 0. The van der Waals surface area contributed by atoms with Gasteiger partial charge in [0.05, 0.1) is 0 Å². The molecule has 18 heavy (non-hydrogen) atoms. The van der Waals surface area contributed by atoms with Gasteiger partial charge in [0, 0.05) is 0 Å². The third-order valence-corrected chi connectivity index (χ3v) is 0. The molecule has 0 spiro atoms. The summed E-state index contributed by atoms with van der Waals surface area (Å²) in [6, 6.07) is 0. The van der Waals surface area contributed by atoms with Crippen LogP contribution in [0.5, 0.6) is 0 Å². The normalized spacial score (nSPS) is 9.83. The molecule has 0 aliphatic rings. The summed E-state index contributed by atoms with van der Waals surface area (Å²) in [5, 5.41) is 0. The molecule has 0 saturated carbocycles. The van der Waals surface area contributed by atoms with E-state index in [0.29, 0.717) is 0 Å². The minimum atomic E-state index is -4.89. The Morgan fingerprint density at radius 2 is 0.556 bits per heavy atom. The molecule has 0 fully saturated rings. The van der Waals surface area contributed by atoms with Crippen LogP contribution in [0.15, 0.2) is 0 Å². The average molecular weight is 392 g/mol. The summed E-state index contributed by atoms with van der Waals surface area (Å²) in [7, 11) is -14.7. The van der Waals surface area contributed by atoms with Crippen molar-refractivity contribution in [3.8, 4) is 0 Å². The summed E-state index contributed by atoms with van der Waals surface area (Å²) < 4.78 is 26.3. The molecule has 0 radical (unpaired) electrons. The minimum absolute atomic E-state index is 0. The Balaban J connectivity index is -0.0000000277. The first-order valence-corrected chi connectivity index (χ1v) is 6.89. The third kappa shape index (κ3) is 374. The fourth-order valence-corrected chi connectivity index (χ4v) is 0. The summed E-state index contributed by atoms with van der Waals surface area (Å²) in [6.45, 7) is 0. The molecule has 0 aliphatic carbocycles. The maximum Gasteiger partial charge on any atom is 1.00 e. The Morgan fingerprint density at radius 3 is 0.556 bits per heavy atom. The maximum absolute atomic E-state index is 8.77. The van der Waals surface area contributed by atoms with Crippen molar-refractivity contribution in [2.75, 3.05) is 0 Å². The molecule has 0 aromatic heterocycles. The van der Waals surface area contributed by atoms with Crippen LogP contribution in [0.1, 0.15) is 0 Å². The van der Waals surface area contributed by atoms with Crippen molar-refractivity contribution >= 4 is 23.5 Å². The van der Waals surface area contributed by atoms with Crippen LogP contribution in [-0.2, 0) is 13.7 Å². The standard InChI is InChI=1S/2K.Na.3H3O4P/c;;;3*1-5(2,3)4/h;;;3*(H3,1,2,3,4)/q3*+1;;;/p-3. The molecule has 6 N–H and O–H groups in total. The van der Waals surface area contributed by atoms with E-state index in [2.05, 4.69) is 0 Å². The molecule has 0 bridgehead atoms. The zero-order chi connectivity index (χ0) is 13.5. The third-order valence-electron chi connectivity index (χ3n) is 0. The average Bonchev–Trinajstić information content (AvgIpc) is 1.41. The topological polar surface area (TPSA) is 242 Å². The van der Waals surface area contributed by atoms with E-state index in [1.165, 1.54) is 0 Å². The zero-order valence-electron chi connectivity index (χ0n) is 9.47. The minimum Gasteiger partial charge on any atom is -0.756 e. The van der Waals surface area contributed by atoms with E-state index in [9.17, 15) is 0 Å². The summed E-state index contributed by atoms with van der Waals surface area (Å²) in [6.07, 6.45) is 0. The van der Waals surface area contributed by atoms with E-state index in [0.717, 1.165) is 0 Å². The monoisotopic (exact) mass is 392 g/mol. The molecular weight excluding hydrogens is 386 g/mol. The Bertz CT molecular complexity index is 211. The van der Waals surface area contributed by atoms with Gasteiger partial charge in [-0.15, -0.1) is 0 Å². The van der Waals surface area contributed by atoms with Crippen LogP contribution in [0.2, 0.25) is 0 Å². The van der Waals surface area contributed by atoms with Gasteiger partial charge in [-0.1, -0.05) is 0 Å². The van der Waals surface area contributed by atoms with E-state index in [1.54, 1.807) is 0 Å². The molecule has 0 aromatic rings. The second-order valence-corrected chi connectivity index (χ2v) is 4.42. The predicted molar refractivity (Wildman–Crippen MR) is 36.1 cm³/mol. The molecule has 18 heteroatoms. The fraction of sp³-hybridized carbons (Fsp3) is 0. The van der Waals surface area contributed by atoms with Crippen molar-refractivity contribution in [3.05, 3.63) is 0 Å². The van der Waals surface area contributed by atoms with Gasteiger partial charge in [-0.25, -0.2) is 0 Å². The molecule has 0 unspecified atom stereocenters. The summed E-state index contributed by atoms with van der Waals surface area (Å²) in [5.41, 5.74) is 0. The van der Waals surface area contributed by atoms with Crippen LogP contribution in [0.25, 0.3) is 0 Å². The van der Waals surface area contributed by atoms with E-state index in [1.807, 2.05) is 0 Å². The van der Waals surface area contributed by atoms with Crippen LogP contribution in [0, 0.1) is 0 Å². The largest absolute Gasteiger partial charge is 1.00 e.